The second-order valence-electron chi connectivity index (χ2n) is 6.62. The fourth-order valence-electron chi connectivity index (χ4n) is 1.73. The summed E-state index contributed by atoms with van der Waals surface area (Å²) in [7, 11) is 0. The molecule has 1 heterocycles. The summed E-state index contributed by atoms with van der Waals surface area (Å²) in [6, 6.07) is 1.94. The summed E-state index contributed by atoms with van der Waals surface area (Å²) < 4.78 is 0. The van der Waals surface area contributed by atoms with Gasteiger partial charge in [-0.1, -0.05) is 27.7 Å². The summed E-state index contributed by atoms with van der Waals surface area (Å²) >= 11 is 0. The minimum absolute atomic E-state index is 0.0554. The highest BCUT2D eigenvalue weighted by atomic mass is 16.2. The molecular weight excluding hydrogens is 252 g/mol. The molecule has 5 nitrogen and oxygen atoms in total. The van der Waals surface area contributed by atoms with Crippen LogP contribution < -0.4 is 10.6 Å². The number of aryl methyl sites for hydroxylation is 1. The lowest BCUT2D eigenvalue weighted by molar-refractivity contribution is 0.213. The molecular formula is C15H28N4O. The predicted molar refractivity (Wildman–Crippen MR) is 81.6 cm³/mol. The van der Waals surface area contributed by atoms with Gasteiger partial charge in [-0.25, -0.2) is 4.79 Å². The lowest BCUT2D eigenvalue weighted by Crippen LogP contribution is -2.45. The summed E-state index contributed by atoms with van der Waals surface area (Å²) in [5, 5.41) is 13.0. The largest absolute Gasteiger partial charge is 0.338 e. The first kappa shape index (κ1) is 16.5. The minimum Gasteiger partial charge on any atom is -0.338 e. The average molecular weight is 280 g/mol. The number of urea groups is 1. The first-order chi connectivity index (χ1) is 9.20. The highest BCUT2D eigenvalue weighted by molar-refractivity contribution is 5.74. The Balaban J connectivity index is 2.35. The normalized spacial score (nSPS) is 13.3. The fraction of sp³-hybridized carbons (Fsp3) is 0.733. The van der Waals surface area contributed by atoms with Gasteiger partial charge in [-0.05, 0) is 31.2 Å². The van der Waals surface area contributed by atoms with Crippen LogP contribution in [0.25, 0.3) is 0 Å². The van der Waals surface area contributed by atoms with Gasteiger partial charge in [0.15, 0.2) is 0 Å². The van der Waals surface area contributed by atoms with Crippen LogP contribution in [0.4, 0.5) is 4.79 Å². The highest BCUT2D eigenvalue weighted by Crippen LogP contribution is 2.24. The van der Waals surface area contributed by atoms with E-state index in [1.165, 1.54) is 0 Å². The van der Waals surface area contributed by atoms with Crippen molar-refractivity contribution in [1.82, 2.24) is 20.8 Å². The molecule has 2 amide bonds. The molecule has 1 aromatic rings. The van der Waals surface area contributed by atoms with E-state index in [1.54, 1.807) is 0 Å². The van der Waals surface area contributed by atoms with Crippen molar-refractivity contribution in [2.24, 2.45) is 11.3 Å². The summed E-state index contributed by atoms with van der Waals surface area (Å²) in [6.07, 6.45) is 0.728. The van der Waals surface area contributed by atoms with Crippen LogP contribution in [0, 0.1) is 18.3 Å². The summed E-state index contributed by atoms with van der Waals surface area (Å²) in [5.74, 6) is 0.521. The zero-order chi connectivity index (χ0) is 15.3. The van der Waals surface area contributed by atoms with Gasteiger partial charge in [0.25, 0.3) is 0 Å². The van der Waals surface area contributed by atoms with E-state index in [1.807, 2.05) is 19.9 Å². The molecule has 1 aromatic heterocycles. The molecule has 1 atom stereocenters. The molecule has 20 heavy (non-hydrogen) atoms. The van der Waals surface area contributed by atoms with Gasteiger partial charge in [0.1, 0.15) is 0 Å². The second kappa shape index (κ2) is 6.77. The molecule has 5 heteroatoms. The number of H-pyrrole nitrogens is 1. The Morgan fingerprint density at radius 2 is 2.05 bits per heavy atom. The molecule has 0 aliphatic rings. The number of aromatic nitrogens is 2. The zero-order valence-corrected chi connectivity index (χ0v) is 13.5. The van der Waals surface area contributed by atoms with E-state index in [0.717, 1.165) is 17.8 Å². The fourth-order valence-corrected chi connectivity index (χ4v) is 1.73. The number of carbonyl (C=O) groups is 1. The predicted octanol–water partition coefficient (Wildman–Crippen LogP) is 2.63. The Morgan fingerprint density at radius 3 is 2.55 bits per heavy atom. The van der Waals surface area contributed by atoms with Gasteiger partial charge in [-0.3, -0.25) is 5.10 Å². The van der Waals surface area contributed by atoms with Crippen molar-refractivity contribution < 1.29 is 4.79 Å². The first-order valence-corrected chi connectivity index (χ1v) is 7.26. The van der Waals surface area contributed by atoms with Crippen molar-refractivity contribution in [2.45, 2.75) is 54.0 Å². The maximum absolute atomic E-state index is 11.9. The van der Waals surface area contributed by atoms with E-state index < -0.39 is 0 Å². The van der Waals surface area contributed by atoms with E-state index in [2.05, 4.69) is 48.5 Å². The van der Waals surface area contributed by atoms with Gasteiger partial charge in [-0.2, -0.15) is 5.10 Å². The number of hydrogen-bond acceptors (Lipinski definition) is 2. The Morgan fingerprint density at radius 1 is 1.40 bits per heavy atom. The van der Waals surface area contributed by atoms with E-state index in [4.69, 9.17) is 0 Å². The molecule has 0 aliphatic carbocycles. The second-order valence-corrected chi connectivity index (χ2v) is 6.62. The molecule has 3 N–H and O–H groups in total. The van der Waals surface area contributed by atoms with E-state index in [9.17, 15) is 4.79 Å². The Labute approximate surface area is 121 Å². The van der Waals surface area contributed by atoms with Crippen molar-refractivity contribution in [3.63, 3.8) is 0 Å². The third kappa shape index (κ3) is 5.23. The molecule has 0 radical (unpaired) electrons. The molecule has 1 unspecified atom stereocenters. The smallest absolute Gasteiger partial charge is 0.315 e. The van der Waals surface area contributed by atoms with Crippen molar-refractivity contribution in [3.05, 3.63) is 17.5 Å². The lowest BCUT2D eigenvalue weighted by atomic mass is 9.81. The first-order valence-electron chi connectivity index (χ1n) is 7.26. The minimum atomic E-state index is -0.113. The SMILES string of the molecule is Cc1cc(CC(C)NC(=O)NCC(C)(C)C(C)C)n[nH]1. The summed E-state index contributed by atoms with van der Waals surface area (Å²) in [6.45, 7) is 13.3. The van der Waals surface area contributed by atoms with Crippen LogP contribution in [0.5, 0.6) is 0 Å². The number of amides is 2. The Hall–Kier alpha value is -1.52. The van der Waals surface area contributed by atoms with Gasteiger partial charge in [0.2, 0.25) is 0 Å². The Bertz CT molecular complexity index is 437. The number of hydrogen-bond donors (Lipinski definition) is 3. The molecule has 0 fully saturated rings. The van der Waals surface area contributed by atoms with Crippen LogP contribution in [0.3, 0.4) is 0 Å². The van der Waals surface area contributed by atoms with Crippen molar-refractivity contribution >= 4 is 6.03 Å². The molecule has 0 aliphatic heterocycles. The Kier molecular flexibility index (Phi) is 5.60. The van der Waals surface area contributed by atoms with Crippen molar-refractivity contribution in [2.75, 3.05) is 6.54 Å². The summed E-state index contributed by atoms with van der Waals surface area (Å²) in [5.41, 5.74) is 2.10. The molecule has 0 spiro atoms. The zero-order valence-electron chi connectivity index (χ0n) is 13.5. The average Bonchev–Trinajstić information content (AvgIpc) is 2.71. The van der Waals surface area contributed by atoms with Crippen LogP contribution in [0.2, 0.25) is 0 Å². The maximum Gasteiger partial charge on any atom is 0.315 e. The number of nitrogens with one attached hydrogen (secondary N) is 3. The topological polar surface area (TPSA) is 69.8 Å². The molecule has 1 rings (SSSR count). The van der Waals surface area contributed by atoms with Crippen LogP contribution >= 0.6 is 0 Å². The standard InChI is InChI=1S/C15H28N4O/c1-10(2)15(5,6)9-16-14(20)17-11(3)7-13-8-12(4)18-19-13/h8,10-11H,7,9H2,1-6H3,(H,18,19)(H2,16,17,20). The highest BCUT2D eigenvalue weighted by Gasteiger charge is 2.23. The van der Waals surface area contributed by atoms with Crippen LogP contribution in [-0.2, 0) is 6.42 Å². The van der Waals surface area contributed by atoms with E-state index in [-0.39, 0.29) is 17.5 Å². The summed E-state index contributed by atoms with van der Waals surface area (Å²) in [4.78, 5) is 11.9. The van der Waals surface area contributed by atoms with Crippen LogP contribution in [0.15, 0.2) is 6.07 Å². The van der Waals surface area contributed by atoms with Gasteiger partial charge >= 0.3 is 6.03 Å². The van der Waals surface area contributed by atoms with Crippen molar-refractivity contribution in [3.8, 4) is 0 Å². The molecule has 0 bridgehead atoms. The number of aromatic amines is 1. The third-order valence-electron chi connectivity index (χ3n) is 3.92. The monoisotopic (exact) mass is 280 g/mol. The number of nitrogens with zero attached hydrogens (tertiary/aromatic N) is 1. The quantitative estimate of drug-likeness (QED) is 0.749. The van der Waals surface area contributed by atoms with Crippen LogP contribution in [-0.4, -0.2) is 28.8 Å². The van der Waals surface area contributed by atoms with Crippen LogP contribution in [0.1, 0.15) is 46.0 Å². The lowest BCUT2D eigenvalue weighted by Gasteiger charge is -2.29. The molecule has 0 saturated heterocycles. The van der Waals surface area contributed by atoms with Crippen molar-refractivity contribution in [1.29, 1.82) is 0 Å². The molecule has 0 aromatic carbocycles. The van der Waals surface area contributed by atoms with E-state index >= 15 is 0 Å². The maximum atomic E-state index is 11.9. The molecule has 0 saturated carbocycles. The van der Waals surface area contributed by atoms with Gasteiger partial charge in [-0.15, -0.1) is 0 Å². The number of carbonyl (C=O) groups excluding carboxylic acids is 1. The number of rotatable bonds is 6. The molecule has 114 valence electrons. The van der Waals surface area contributed by atoms with Gasteiger partial charge < -0.3 is 10.6 Å². The van der Waals surface area contributed by atoms with Gasteiger partial charge in [0.05, 0.1) is 5.69 Å². The third-order valence-corrected chi connectivity index (χ3v) is 3.92. The van der Waals surface area contributed by atoms with Gasteiger partial charge in [0, 0.05) is 24.7 Å². The van der Waals surface area contributed by atoms with E-state index in [0.29, 0.717) is 12.5 Å².